The number of ether oxygens (including phenoxy) is 2. The number of hydrogen-bond acceptors (Lipinski definition) is 5. The molecule has 1 saturated heterocycles. The molecule has 2 atom stereocenters. The number of carbonyl (C=O) groups excluding carboxylic acids is 1. The largest absolute Gasteiger partial charge is 0.381 e. The van der Waals surface area contributed by atoms with E-state index in [9.17, 15) is 4.79 Å². The van der Waals surface area contributed by atoms with Crippen LogP contribution in [0.15, 0.2) is 18.5 Å². The minimum absolute atomic E-state index is 0.0321. The molecule has 0 radical (unpaired) electrons. The van der Waals surface area contributed by atoms with E-state index in [4.69, 9.17) is 9.47 Å². The molecule has 1 spiro atoms. The van der Waals surface area contributed by atoms with Crippen molar-refractivity contribution in [2.75, 3.05) is 19.8 Å². The summed E-state index contributed by atoms with van der Waals surface area (Å²) in [6, 6.07) is 1.83. The second-order valence-corrected chi connectivity index (χ2v) is 5.68. The van der Waals surface area contributed by atoms with Crippen LogP contribution in [0, 0.1) is 5.41 Å². The standard InChI is InChI=1S/C15H21N3O3/c1-2-21-13-9-12(15(13)4-7-20-8-5-15)18-14(19)11-3-6-16-17-10-11/h3,6,10,12-13H,2,4-5,7-9H2,1H3,(H,18,19)/t12-,13+/m1/s1. The minimum atomic E-state index is -0.0873. The van der Waals surface area contributed by atoms with E-state index in [-0.39, 0.29) is 23.5 Å². The van der Waals surface area contributed by atoms with Crippen LogP contribution >= 0.6 is 0 Å². The summed E-state index contributed by atoms with van der Waals surface area (Å²) in [5.74, 6) is -0.0873. The zero-order valence-electron chi connectivity index (χ0n) is 12.2. The highest BCUT2D eigenvalue weighted by atomic mass is 16.5. The zero-order chi connectivity index (χ0) is 14.7. The number of hydrogen-bond donors (Lipinski definition) is 1. The lowest BCUT2D eigenvalue weighted by Gasteiger charge is -2.57. The third kappa shape index (κ3) is 2.65. The molecule has 0 bridgehead atoms. The van der Waals surface area contributed by atoms with Gasteiger partial charge in [0.05, 0.1) is 24.1 Å². The first-order valence-corrected chi connectivity index (χ1v) is 7.53. The summed E-state index contributed by atoms with van der Waals surface area (Å²) in [6.45, 7) is 4.21. The van der Waals surface area contributed by atoms with E-state index in [1.807, 2.05) is 6.92 Å². The number of aromatic nitrogens is 2. The Labute approximate surface area is 124 Å². The molecule has 1 amide bonds. The SMILES string of the molecule is CCO[C@H]1C[C@@H](NC(=O)c2ccnnc2)C12CCOCC2. The normalized spacial score (nSPS) is 27.1. The number of carbonyl (C=O) groups is 1. The first kappa shape index (κ1) is 14.4. The van der Waals surface area contributed by atoms with Gasteiger partial charge in [0.2, 0.25) is 0 Å². The average molecular weight is 291 g/mol. The van der Waals surface area contributed by atoms with Gasteiger partial charge in [-0.15, -0.1) is 0 Å². The van der Waals surface area contributed by atoms with Gasteiger partial charge in [0.25, 0.3) is 5.91 Å². The highest BCUT2D eigenvalue weighted by Crippen LogP contribution is 2.50. The Balaban J connectivity index is 1.69. The van der Waals surface area contributed by atoms with Gasteiger partial charge >= 0.3 is 0 Å². The molecule has 1 aromatic heterocycles. The fraction of sp³-hybridized carbons (Fsp3) is 0.667. The van der Waals surface area contributed by atoms with E-state index >= 15 is 0 Å². The molecule has 3 rings (SSSR count). The molecule has 6 heteroatoms. The van der Waals surface area contributed by atoms with Crippen molar-refractivity contribution in [1.29, 1.82) is 0 Å². The van der Waals surface area contributed by atoms with E-state index in [0.29, 0.717) is 12.2 Å². The van der Waals surface area contributed by atoms with E-state index in [2.05, 4.69) is 15.5 Å². The first-order chi connectivity index (χ1) is 10.3. The van der Waals surface area contributed by atoms with Crippen LogP contribution in [0.2, 0.25) is 0 Å². The Kier molecular flexibility index (Phi) is 4.17. The van der Waals surface area contributed by atoms with Crippen LogP contribution in [-0.2, 0) is 9.47 Å². The highest BCUT2D eigenvalue weighted by molar-refractivity contribution is 5.94. The third-order valence-electron chi connectivity index (χ3n) is 4.73. The van der Waals surface area contributed by atoms with Crippen LogP contribution in [-0.4, -0.2) is 48.1 Å². The van der Waals surface area contributed by atoms with Gasteiger partial charge in [-0.05, 0) is 32.3 Å². The number of rotatable bonds is 4. The van der Waals surface area contributed by atoms with Gasteiger partial charge in [0.15, 0.2) is 0 Å². The van der Waals surface area contributed by atoms with Crippen molar-refractivity contribution in [3.63, 3.8) is 0 Å². The average Bonchev–Trinajstić information content (AvgIpc) is 2.55. The smallest absolute Gasteiger partial charge is 0.253 e. The third-order valence-corrected chi connectivity index (χ3v) is 4.73. The fourth-order valence-corrected chi connectivity index (χ4v) is 3.47. The van der Waals surface area contributed by atoms with Crippen molar-refractivity contribution in [3.05, 3.63) is 24.0 Å². The molecule has 1 N–H and O–H groups in total. The summed E-state index contributed by atoms with van der Waals surface area (Å²) in [5.41, 5.74) is 0.580. The molecule has 2 aliphatic rings. The molecule has 1 aromatic rings. The van der Waals surface area contributed by atoms with Crippen molar-refractivity contribution in [2.24, 2.45) is 5.41 Å². The van der Waals surface area contributed by atoms with Gasteiger partial charge < -0.3 is 14.8 Å². The molecule has 2 heterocycles. The van der Waals surface area contributed by atoms with Crippen molar-refractivity contribution in [2.45, 2.75) is 38.3 Å². The van der Waals surface area contributed by atoms with Crippen LogP contribution in [0.4, 0.5) is 0 Å². The molecule has 1 saturated carbocycles. The maximum Gasteiger partial charge on any atom is 0.253 e. The van der Waals surface area contributed by atoms with Gasteiger partial charge in [-0.2, -0.15) is 10.2 Å². The summed E-state index contributed by atoms with van der Waals surface area (Å²) in [4.78, 5) is 12.3. The van der Waals surface area contributed by atoms with E-state index in [1.165, 1.54) is 12.4 Å². The van der Waals surface area contributed by atoms with Crippen LogP contribution in [0.3, 0.4) is 0 Å². The van der Waals surface area contributed by atoms with Crippen LogP contribution < -0.4 is 5.32 Å². The highest BCUT2D eigenvalue weighted by Gasteiger charge is 2.56. The molecule has 2 fully saturated rings. The second kappa shape index (κ2) is 6.07. The molecule has 6 nitrogen and oxygen atoms in total. The lowest BCUT2D eigenvalue weighted by Crippen LogP contribution is -2.66. The van der Waals surface area contributed by atoms with Crippen molar-refractivity contribution >= 4 is 5.91 Å². The predicted octanol–water partition coefficient (Wildman–Crippen LogP) is 1.18. The minimum Gasteiger partial charge on any atom is -0.381 e. The van der Waals surface area contributed by atoms with Crippen molar-refractivity contribution in [1.82, 2.24) is 15.5 Å². The molecule has 114 valence electrons. The molecule has 1 aliphatic carbocycles. The monoisotopic (exact) mass is 291 g/mol. The maximum atomic E-state index is 12.3. The Morgan fingerprint density at radius 3 is 2.95 bits per heavy atom. The summed E-state index contributed by atoms with van der Waals surface area (Å²) in [7, 11) is 0. The van der Waals surface area contributed by atoms with Gasteiger partial charge in [-0.1, -0.05) is 0 Å². The van der Waals surface area contributed by atoms with E-state index < -0.39 is 0 Å². The zero-order valence-corrected chi connectivity index (χ0v) is 12.2. The molecule has 21 heavy (non-hydrogen) atoms. The summed E-state index contributed by atoms with van der Waals surface area (Å²) in [6.07, 6.45) is 6.01. The molecule has 0 unspecified atom stereocenters. The van der Waals surface area contributed by atoms with Crippen LogP contribution in [0.5, 0.6) is 0 Å². The lowest BCUT2D eigenvalue weighted by molar-refractivity contribution is -0.170. The Bertz CT molecular complexity index is 488. The summed E-state index contributed by atoms with van der Waals surface area (Å²) < 4.78 is 11.3. The van der Waals surface area contributed by atoms with Gasteiger partial charge in [0.1, 0.15) is 0 Å². The molecule has 0 aromatic carbocycles. The Morgan fingerprint density at radius 2 is 2.29 bits per heavy atom. The first-order valence-electron chi connectivity index (χ1n) is 7.53. The predicted molar refractivity (Wildman–Crippen MR) is 75.8 cm³/mol. The van der Waals surface area contributed by atoms with Crippen molar-refractivity contribution < 1.29 is 14.3 Å². The molecular formula is C15H21N3O3. The fourth-order valence-electron chi connectivity index (χ4n) is 3.47. The topological polar surface area (TPSA) is 73.3 Å². The Hall–Kier alpha value is -1.53. The Morgan fingerprint density at radius 1 is 1.48 bits per heavy atom. The van der Waals surface area contributed by atoms with Crippen LogP contribution in [0.1, 0.15) is 36.5 Å². The second-order valence-electron chi connectivity index (χ2n) is 5.68. The van der Waals surface area contributed by atoms with Gasteiger partial charge in [-0.25, -0.2) is 0 Å². The van der Waals surface area contributed by atoms with Gasteiger partial charge in [-0.3, -0.25) is 4.79 Å². The summed E-state index contributed by atoms with van der Waals surface area (Å²) >= 11 is 0. The molecule has 1 aliphatic heterocycles. The van der Waals surface area contributed by atoms with E-state index in [0.717, 1.165) is 32.5 Å². The number of nitrogens with zero attached hydrogens (tertiary/aromatic N) is 2. The van der Waals surface area contributed by atoms with E-state index in [1.54, 1.807) is 6.07 Å². The van der Waals surface area contributed by atoms with Gasteiger partial charge in [0, 0.05) is 31.3 Å². The lowest BCUT2D eigenvalue weighted by atomic mass is 9.57. The van der Waals surface area contributed by atoms with Crippen molar-refractivity contribution in [3.8, 4) is 0 Å². The maximum absolute atomic E-state index is 12.3. The number of amides is 1. The quantitative estimate of drug-likeness (QED) is 0.902. The summed E-state index contributed by atoms with van der Waals surface area (Å²) in [5, 5.41) is 10.6. The van der Waals surface area contributed by atoms with Crippen LogP contribution in [0.25, 0.3) is 0 Å². The molecular weight excluding hydrogens is 270 g/mol. The number of nitrogens with one attached hydrogen (secondary N) is 1.